The molecule has 0 fully saturated rings. The second kappa shape index (κ2) is 7.73. The zero-order chi connectivity index (χ0) is 19.6. The molecule has 26 heavy (non-hydrogen) atoms. The van der Waals surface area contributed by atoms with Crippen LogP contribution in [0.3, 0.4) is 0 Å². The average Bonchev–Trinajstić information content (AvgIpc) is 2.57. The van der Waals surface area contributed by atoms with Gasteiger partial charge in [-0.25, -0.2) is 12.7 Å². The number of benzene rings is 1. The quantitative estimate of drug-likeness (QED) is 0.662. The first-order valence-corrected chi connectivity index (χ1v) is 9.86. The lowest BCUT2D eigenvalue weighted by Gasteiger charge is -2.17. The number of fused-ring (bicyclic) bond motifs is 1. The Labute approximate surface area is 152 Å². The molecule has 0 aliphatic carbocycles. The van der Waals surface area contributed by atoms with Gasteiger partial charge in [-0.05, 0) is 39.0 Å². The summed E-state index contributed by atoms with van der Waals surface area (Å²) in [5.74, 6) is 0. The van der Waals surface area contributed by atoms with Crippen molar-refractivity contribution >= 4 is 21.1 Å². The Balaban J connectivity index is 2.76. The van der Waals surface area contributed by atoms with Crippen LogP contribution >= 0.6 is 0 Å². The van der Waals surface area contributed by atoms with Crippen molar-refractivity contribution in [3.63, 3.8) is 0 Å². The molecule has 1 aromatic carbocycles. The Kier molecular flexibility index (Phi) is 6.05. The van der Waals surface area contributed by atoms with Crippen molar-refractivity contribution in [1.29, 1.82) is 0 Å². The molecule has 0 unspecified atom stereocenters. The van der Waals surface area contributed by atoms with Gasteiger partial charge in [-0.3, -0.25) is 14.2 Å². The molecule has 144 valence electrons. The molecule has 0 aliphatic rings. The molecule has 0 radical (unpaired) electrons. The van der Waals surface area contributed by atoms with Crippen LogP contribution in [0.5, 0.6) is 0 Å². The molecule has 2 rings (SSSR count). The van der Waals surface area contributed by atoms with Crippen molar-refractivity contribution in [2.75, 3.05) is 20.7 Å². The fourth-order valence-corrected chi connectivity index (χ4v) is 3.61. The zero-order valence-electron chi connectivity index (χ0n) is 15.7. The van der Waals surface area contributed by atoms with E-state index in [0.29, 0.717) is 17.6 Å². The van der Waals surface area contributed by atoms with Gasteiger partial charge in [0.2, 0.25) is 10.0 Å². The number of aromatic nitrogens is 2. The van der Waals surface area contributed by atoms with Crippen LogP contribution in [0, 0.1) is 0 Å². The van der Waals surface area contributed by atoms with Gasteiger partial charge in [0.1, 0.15) is 0 Å². The number of aryl methyl sites for hydroxylation is 1. The Bertz CT molecular complexity index is 1020. The van der Waals surface area contributed by atoms with Gasteiger partial charge < -0.3 is 9.30 Å². The smallest absolute Gasteiger partial charge is 0.317 e. The summed E-state index contributed by atoms with van der Waals surface area (Å²) in [6.45, 7) is 6.23. The van der Waals surface area contributed by atoms with Crippen LogP contribution in [0.25, 0.3) is 11.0 Å². The maximum atomic E-state index is 12.5. The van der Waals surface area contributed by atoms with E-state index in [2.05, 4.69) is 0 Å². The van der Waals surface area contributed by atoms with E-state index in [1.165, 1.54) is 35.4 Å². The van der Waals surface area contributed by atoms with E-state index >= 15 is 0 Å². The van der Waals surface area contributed by atoms with Crippen LogP contribution in [0.2, 0.25) is 0 Å². The molecule has 0 atom stereocenters. The molecule has 0 bridgehead atoms. The monoisotopic (exact) mass is 383 g/mol. The lowest BCUT2D eigenvalue weighted by molar-refractivity contribution is 0.0728. The van der Waals surface area contributed by atoms with Crippen LogP contribution in [0.4, 0.5) is 0 Å². The lowest BCUT2D eigenvalue weighted by atomic mass is 10.2. The van der Waals surface area contributed by atoms with Crippen LogP contribution in [-0.4, -0.2) is 48.7 Å². The molecule has 0 amide bonds. The number of hydrogen-bond donors (Lipinski definition) is 0. The van der Waals surface area contributed by atoms with Crippen molar-refractivity contribution < 1.29 is 13.2 Å². The minimum atomic E-state index is -3.66. The van der Waals surface area contributed by atoms with E-state index < -0.39 is 21.1 Å². The normalized spacial score (nSPS) is 12.4. The van der Waals surface area contributed by atoms with E-state index in [1.54, 1.807) is 13.0 Å². The SMILES string of the molecule is CCn1c(=O)c(=O)n(CCOC(C)C)c2cc(S(=O)(=O)N(C)C)ccc21. The van der Waals surface area contributed by atoms with Crippen LogP contribution in [0.1, 0.15) is 20.8 Å². The number of hydrogen-bond acceptors (Lipinski definition) is 5. The topological polar surface area (TPSA) is 90.6 Å². The molecular formula is C17H25N3O5S. The zero-order valence-corrected chi connectivity index (χ0v) is 16.5. The number of nitrogens with zero attached hydrogens (tertiary/aromatic N) is 3. The molecule has 8 nitrogen and oxygen atoms in total. The van der Waals surface area contributed by atoms with Gasteiger partial charge in [0.15, 0.2) is 0 Å². The van der Waals surface area contributed by atoms with Crippen LogP contribution < -0.4 is 11.1 Å². The largest absolute Gasteiger partial charge is 0.377 e. The molecule has 0 N–H and O–H groups in total. The van der Waals surface area contributed by atoms with Gasteiger partial charge >= 0.3 is 11.1 Å². The predicted octanol–water partition coefficient (Wildman–Crippen LogP) is 0.858. The fraction of sp³-hybridized carbons (Fsp3) is 0.529. The lowest BCUT2D eigenvalue weighted by Crippen LogP contribution is -2.42. The molecule has 0 saturated carbocycles. The van der Waals surface area contributed by atoms with E-state index in [0.717, 1.165) is 4.31 Å². The van der Waals surface area contributed by atoms with E-state index in [4.69, 9.17) is 4.74 Å². The molecule has 1 aromatic heterocycles. The van der Waals surface area contributed by atoms with Crippen molar-refractivity contribution in [2.45, 2.75) is 44.9 Å². The van der Waals surface area contributed by atoms with Gasteiger partial charge in [0.05, 0.1) is 28.6 Å². The third-order valence-corrected chi connectivity index (χ3v) is 5.87. The van der Waals surface area contributed by atoms with Crippen molar-refractivity contribution in [1.82, 2.24) is 13.4 Å². The standard InChI is InChI=1S/C17H25N3O5S/c1-6-19-14-8-7-13(26(23,24)18(4)5)11-15(14)20(17(22)16(19)21)9-10-25-12(2)3/h7-8,11-12H,6,9-10H2,1-5H3. The number of sulfonamides is 1. The minimum absolute atomic E-state index is 0.0161. The maximum Gasteiger partial charge on any atom is 0.317 e. The van der Waals surface area contributed by atoms with Crippen LogP contribution in [0.15, 0.2) is 32.7 Å². The van der Waals surface area contributed by atoms with Crippen molar-refractivity contribution in [2.24, 2.45) is 0 Å². The summed E-state index contributed by atoms with van der Waals surface area (Å²) in [7, 11) is -0.781. The van der Waals surface area contributed by atoms with Gasteiger partial charge in [0, 0.05) is 27.2 Å². The Morgan fingerprint density at radius 3 is 2.23 bits per heavy atom. The summed E-state index contributed by atoms with van der Waals surface area (Å²) in [5, 5.41) is 0. The van der Waals surface area contributed by atoms with Crippen LogP contribution in [-0.2, 0) is 27.8 Å². The molecule has 0 saturated heterocycles. The minimum Gasteiger partial charge on any atom is -0.377 e. The molecule has 2 aromatic rings. The third-order valence-electron chi connectivity index (χ3n) is 4.06. The van der Waals surface area contributed by atoms with E-state index in [1.807, 2.05) is 13.8 Å². The first kappa shape index (κ1) is 20.3. The summed E-state index contributed by atoms with van der Waals surface area (Å²) < 4.78 is 34.1. The highest BCUT2D eigenvalue weighted by Crippen LogP contribution is 2.19. The molecular weight excluding hydrogens is 358 g/mol. The maximum absolute atomic E-state index is 12.5. The fourth-order valence-electron chi connectivity index (χ4n) is 2.68. The van der Waals surface area contributed by atoms with E-state index in [9.17, 15) is 18.0 Å². The predicted molar refractivity (Wildman–Crippen MR) is 100 cm³/mol. The summed E-state index contributed by atoms with van der Waals surface area (Å²) in [4.78, 5) is 25.0. The Hall–Kier alpha value is -1.97. The van der Waals surface area contributed by atoms with Gasteiger partial charge in [0.25, 0.3) is 0 Å². The average molecular weight is 383 g/mol. The van der Waals surface area contributed by atoms with Gasteiger partial charge in [-0.1, -0.05) is 0 Å². The van der Waals surface area contributed by atoms with Crippen molar-refractivity contribution in [3.05, 3.63) is 38.9 Å². The number of rotatable bonds is 7. The molecule has 0 aliphatic heterocycles. The summed E-state index contributed by atoms with van der Waals surface area (Å²) in [6, 6.07) is 4.45. The first-order valence-electron chi connectivity index (χ1n) is 8.42. The van der Waals surface area contributed by atoms with Crippen molar-refractivity contribution in [3.8, 4) is 0 Å². The second-order valence-corrected chi connectivity index (χ2v) is 8.52. The summed E-state index contributed by atoms with van der Waals surface area (Å²) >= 11 is 0. The van der Waals surface area contributed by atoms with E-state index in [-0.39, 0.29) is 24.2 Å². The molecule has 0 spiro atoms. The summed E-state index contributed by atoms with van der Waals surface area (Å²) in [5.41, 5.74) is -0.412. The first-order chi connectivity index (χ1) is 12.1. The summed E-state index contributed by atoms with van der Waals surface area (Å²) in [6.07, 6.45) is -0.0161. The van der Waals surface area contributed by atoms with Gasteiger partial charge in [-0.2, -0.15) is 0 Å². The number of ether oxygens (including phenoxy) is 1. The molecule has 9 heteroatoms. The molecule has 1 heterocycles. The third kappa shape index (κ3) is 3.74. The highest BCUT2D eigenvalue weighted by atomic mass is 32.2. The second-order valence-electron chi connectivity index (χ2n) is 6.36. The Morgan fingerprint density at radius 1 is 1.08 bits per heavy atom. The highest BCUT2D eigenvalue weighted by molar-refractivity contribution is 7.89. The highest BCUT2D eigenvalue weighted by Gasteiger charge is 2.20. The van der Waals surface area contributed by atoms with Gasteiger partial charge in [-0.15, -0.1) is 0 Å². The Morgan fingerprint density at radius 2 is 1.69 bits per heavy atom.